The highest BCUT2D eigenvalue weighted by molar-refractivity contribution is 6.06. The van der Waals surface area contributed by atoms with Crippen molar-refractivity contribution in [3.05, 3.63) is 41.1 Å². The Kier molecular flexibility index (Phi) is 3.40. The molecule has 1 aromatic carbocycles. The number of aryl methyl sites for hydroxylation is 2. The number of rotatable bonds is 1. The van der Waals surface area contributed by atoms with Crippen LogP contribution in [0.25, 0.3) is 10.9 Å². The van der Waals surface area contributed by atoms with Crippen LogP contribution >= 0.6 is 0 Å². The molecule has 0 spiro atoms. The molecule has 0 atom stereocenters. The van der Waals surface area contributed by atoms with Gasteiger partial charge in [0.25, 0.3) is 5.91 Å². The Morgan fingerprint density at radius 3 is 2.70 bits per heavy atom. The first-order valence-electron chi connectivity index (χ1n) is 7.03. The molecule has 20 heavy (non-hydrogen) atoms. The molecule has 1 saturated heterocycles. The van der Waals surface area contributed by atoms with Gasteiger partial charge in [-0.15, -0.1) is 0 Å². The molecule has 1 aromatic heterocycles. The second-order valence-corrected chi connectivity index (χ2v) is 5.37. The van der Waals surface area contributed by atoms with Gasteiger partial charge in [0.1, 0.15) is 0 Å². The average molecular weight is 269 g/mol. The third-order valence-electron chi connectivity index (χ3n) is 3.73. The zero-order chi connectivity index (χ0) is 14.1. The van der Waals surface area contributed by atoms with Crippen molar-refractivity contribution in [1.29, 1.82) is 0 Å². The van der Waals surface area contributed by atoms with Crippen LogP contribution < -0.4 is 5.32 Å². The third-order valence-corrected chi connectivity index (χ3v) is 3.73. The number of nitrogens with zero attached hydrogens (tertiary/aromatic N) is 2. The van der Waals surface area contributed by atoms with Crippen LogP contribution in [0.15, 0.2) is 24.3 Å². The van der Waals surface area contributed by atoms with E-state index < -0.39 is 0 Å². The van der Waals surface area contributed by atoms with Gasteiger partial charge in [-0.3, -0.25) is 9.78 Å². The summed E-state index contributed by atoms with van der Waals surface area (Å²) >= 11 is 0. The molecule has 1 amide bonds. The van der Waals surface area contributed by atoms with Crippen molar-refractivity contribution < 1.29 is 4.79 Å². The molecule has 2 aromatic rings. The molecule has 0 bridgehead atoms. The molecule has 1 fully saturated rings. The SMILES string of the molecule is Cc1ccc2nc(C)cc(C(=O)N3CCNCC3)c2c1. The fraction of sp³-hybridized carbons (Fsp3) is 0.375. The van der Waals surface area contributed by atoms with Crippen LogP contribution in [-0.4, -0.2) is 42.0 Å². The molecule has 0 radical (unpaired) electrons. The number of carbonyl (C=O) groups is 1. The van der Waals surface area contributed by atoms with Crippen LogP contribution in [-0.2, 0) is 0 Å². The van der Waals surface area contributed by atoms with Gasteiger partial charge in [-0.2, -0.15) is 0 Å². The quantitative estimate of drug-likeness (QED) is 0.860. The minimum Gasteiger partial charge on any atom is -0.336 e. The molecule has 1 aliphatic rings. The van der Waals surface area contributed by atoms with E-state index in [1.807, 2.05) is 36.9 Å². The Morgan fingerprint density at radius 2 is 1.95 bits per heavy atom. The molecule has 4 heteroatoms. The van der Waals surface area contributed by atoms with Crippen molar-refractivity contribution in [1.82, 2.24) is 15.2 Å². The van der Waals surface area contributed by atoms with E-state index in [0.717, 1.165) is 53.9 Å². The molecule has 2 heterocycles. The first-order valence-corrected chi connectivity index (χ1v) is 7.03. The Labute approximate surface area is 118 Å². The average Bonchev–Trinajstić information content (AvgIpc) is 2.47. The summed E-state index contributed by atoms with van der Waals surface area (Å²) in [7, 11) is 0. The molecular formula is C16H19N3O. The number of benzene rings is 1. The van der Waals surface area contributed by atoms with E-state index in [2.05, 4.69) is 16.4 Å². The topological polar surface area (TPSA) is 45.2 Å². The maximum atomic E-state index is 12.7. The van der Waals surface area contributed by atoms with Crippen LogP contribution in [0.5, 0.6) is 0 Å². The van der Waals surface area contributed by atoms with Crippen molar-refractivity contribution in [2.24, 2.45) is 0 Å². The first-order chi connectivity index (χ1) is 9.65. The molecule has 3 rings (SSSR count). The zero-order valence-electron chi connectivity index (χ0n) is 11.9. The monoisotopic (exact) mass is 269 g/mol. The van der Waals surface area contributed by atoms with Gasteiger partial charge in [0, 0.05) is 37.3 Å². The van der Waals surface area contributed by atoms with E-state index in [1.54, 1.807) is 0 Å². The van der Waals surface area contributed by atoms with E-state index in [0.29, 0.717) is 0 Å². The summed E-state index contributed by atoms with van der Waals surface area (Å²) in [6.45, 7) is 7.26. The van der Waals surface area contributed by atoms with E-state index in [4.69, 9.17) is 0 Å². The van der Waals surface area contributed by atoms with Crippen LogP contribution in [0.1, 0.15) is 21.6 Å². The van der Waals surface area contributed by atoms with Crippen molar-refractivity contribution in [3.8, 4) is 0 Å². The van der Waals surface area contributed by atoms with Gasteiger partial charge in [-0.1, -0.05) is 11.6 Å². The molecule has 4 nitrogen and oxygen atoms in total. The molecule has 0 aliphatic carbocycles. The summed E-state index contributed by atoms with van der Waals surface area (Å²) in [5.74, 6) is 0.118. The lowest BCUT2D eigenvalue weighted by Gasteiger charge is -2.28. The summed E-state index contributed by atoms with van der Waals surface area (Å²) in [5, 5.41) is 4.23. The summed E-state index contributed by atoms with van der Waals surface area (Å²) in [6.07, 6.45) is 0. The molecule has 1 N–H and O–H groups in total. The van der Waals surface area contributed by atoms with Crippen molar-refractivity contribution in [2.75, 3.05) is 26.2 Å². The van der Waals surface area contributed by atoms with E-state index in [-0.39, 0.29) is 5.91 Å². The van der Waals surface area contributed by atoms with Crippen molar-refractivity contribution in [3.63, 3.8) is 0 Å². The number of pyridine rings is 1. The van der Waals surface area contributed by atoms with E-state index in [9.17, 15) is 4.79 Å². The highest BCUT2D eigenvalue weighted by Gasteiger charge is 2.20. The lowest BCUT2D eigenvalue weighted by molar-refractivity contribution is 0.0737. The molecule has 1 aliphatic heterocycles. The minimum atomic E-state index is 0.118. The number of aromatic nitrogens is 1. The van der Waals surface area contributed by atoms with Gasteiger partial charge in [0.05, 0.1) is 11.1 Å². The van der Waals surface area contributed by atoms with Crippen molar-refractivity contribution in [2.45, 2.75) is 13.8 Å². The summed E-state index contributed by atoms with van der Waals surface area (Å²) < 4.78 is 0. The normalized spacial score (nSPS) is 15.6. The highest BCUT2D eigenvalue weighted by atomic mass is 16.2. The third kappa shape index (κ3) is 2.39. The summed E-state index contributed by atoms with van der Waals surface area (Å²) in [6, 6.07) is 7.99. The second kappa shape index (κ2) is 5.21. The molecule has 0 saturated carbocycles. The van der Waals surface area contributed by atoms with Gasteiger partial charge in [-0.25, -0.2) is 0 Å². The first kappa shape index (κ1) is 13.1. The Bertz CT molecular complexity index is 660. The Morgan fingerprint density at radius 1 is 1.20 bits per heavy atom. The number of carbonyl (C=O) groups excluding carboxylic acids is 1. The maximum absolute atomic E-state index is 12.7. The Balaban J connectivity index is 2.09. The molecule has 104 valence electrons. The molecule has 0 unspecified atom stereocenters. The van der Waals surface area contributed by atoms with Crippen LogP contribution in [0.4, 0.5) is 0 Å². The smallest absolute Gasteiger partial charge is 0.254 e. The van der Waals surface area contributed by atoms with Gasteiger partial charge in [0.2, 0.25) is 0 Å². The van der Waals surface area contributed by atoms with Gasteiger partial charge in [0.15, 0.2) is 0 Å². The standard InChI is InChI=1S/C16H19N3O/c1-11-3-4-15-13(9-11)14(10-12(2)18-15)16(20)19-7-5-17-6-8-19/h3-4,9-10,17H,5-8H2,1-2H3. The molecular weight excluding hydrogens is 250 g/mol. The lowest BCUT2D eigenvalue weighted by atomic mass is 10.0. The summed E-state index contributed by atoms with van der Waals surface area (Å²) in [4.78, 5) is 19.2. The fourth-order valence-corrected chi connectivity index (χ4v) is 2.69. The largest absolute Gasteiger partial charge is 0.336 e. The maximum Gasteiger partial charge on any atom is 0.254 e. The summed E-state index contributed by atoms with van der Waals surface area (Å²) in [5.41, 5.74) is 3.71. The second-order valence-electron chi connectivity index (χ2n) is 5.37. The lowest BCUT2D eigenvalue weighted by Crippen LogP contribution is -2.46. The van der Waals surface area contributed by atoms with Gasteiger partial charge in [-0.05, 0) is 32.0 Å². The number of nitrogens with one attached hydrogen (secondary N) is 1. The van der Waals surface area contributed by atoms with Gasteiger partial charge >= 0.3 is 0 Å². The minimum absolute atomic E-state index is 0.118. The zero-order valence-corrected chi connectivity index (χ0v) is 11.9. The number of hydrogen-bond acceptors (Lipinski definition) is 3. The highest BCUT2D eigenvalue weighted by Crippen LogP contribution is 2.21. The van der Waals surface area contributed by atoms with Crippen LogP contribution in [0.2, 0.25) is 0 Å². The number of amides is 1. The fourth-order valence-electron chi connectivity index (χ4n) is 2.69. The number of piperazine rings is 1. The number of hydrogen-bond donors (Lipinski definition) is 1. The van der Waals surface area contributed by atoms with E-state index in [1.165, 1.54) is 0 Å². The van der Waals surface area contributed by atoms with Gasteiger partial charge < -0.3 is 10.2 Å². The predicted molar refractivity (Wildman–Crippen MR) is 80.0 cm³/mol. The Hall–Kier alpha value is -1.94. The van der Waals surface area contributed by atoms with E-state index >= 15 is 0 Å². The van der Waals surface area contributed by atoms with Crippen molar-refractivity contribution >= 4 is 16.8 Å². The predicted octanol–water partition coefficient (Wildman–Crippen LogP) is 1.90. The number of fused-ring (bicyclic) bond motifs is 1. The van der Waals surface area contributed by atoms with Crippen LogP contribution in [0, 0.1) is 13.8 Å². The van der Waals surface area contributed by atoms with Crippen LogP contribution in [0.3, 0.4) is 0 Å².